The van der Waals surface area contributed by atoms with Crippen LogP contribution in [-0.2, 0) is 0 Å². The summed E-state index contributed by atoms with van der Waals surface area (Å²) in [5.74, 6) is 0.296. The highest BCUT2D eigenvalue weighted by molar-refractivity contribution is 5.95. The van der Waals surface area contributed by atoms with Crippen LogP contribution in [0, 0.1) is 6.92 Å². The maximum absolute atomic E-state index is 5.61. The van der Waals surface area contributed by atoms with Crippen LogP contribution >= 0.6 is 12.4 Å². The fourth-order valence-corrected chi connectivity index (χ4v) is 1.97. The predicted octanol–water partition coefficient (Wildman–Crippen LogP) is 2.94. The van der Waals surface area contributed by atoms with Crippen molar-refractivity contribution in [2.75, 3.05) is 5.73 Å². The standard InChI is InChI=1S/C13H12N4.ClH/c1-8-2-3-11-9(6-8)10(7-16-11)12-4-5-15-13(14)17-12;/h2-7,16H,1H3,(H2,14,15,17);1H. The van der Waals surface area contributed by atoms with Crippen molar-refractivity contribution in [1.82, 2.24) is 15.0 Å². The average Bonchev–Trinajstić information content (AvgIpc) is 2.71. The van der Waals surface area contributed by atoms with Gasteiger partial charge in [-0.05, 0) is 25.1 Å². The molecule has 0 aliphatic rings. The summed E-state index contributed by atoms with van der Waals surface area (Å²) in [6, 6.07) is 8.15. The first-order valence-electron chi connectivity index (χ1n) is 5.41. The summed E-state index contributed by atoms with van der Waals surface area (Å²) in [6.45, 7) is 2.07. The van der Waals surface area contributed by atoms with Crippen molar-refractivity contribution in [2.45, 2.75) is 6.92 Å². The quantitative estimate of drug-likeness (QED) is 0.707. The lowest BCUT2D eigenvalue weighted by molar-refractivity contribution is 1.19. The Bertz CT molecular complexity index is 690. The Labute approximate surface area is 111 Å². The normalized spacial score (nSPS) is 10.3. The van der Waals surface area contributed by atoms with Gasteiger partial charge in [-0.25, -0.2) is 9.97 Å². The lowest BCUT2D eigenvalue weighted by Crippen LogP contribution is -1.94. The van der Waals surface area contributed by atoms with E-state index in [1.165, 1.54) is 5.56 Å². The molecule has 0 unspecified atom stereocenters. The number of H-pyrrole nitrogens is 1. The first-order valence-corrected chi connectivity index (χ1v) is 5.41. The molecule has 0 atom stereocenters. The minimum absolute atomic E-state index is 0. The molecule has 0 saturated heterocycles. The number of aromatic nitrogens is 3. The molecule has 0 spiro atoms. The zero-order valence-corrected chi connectivity index (χ0v) is 10.7. The Balaban J connectivity index is 0.00000120. The molecule has 0 fully saturated rings. The highest BCUT2D eigenvalue weighted by Crippen LogP contribution is 2.27. The molecule has 1 aromatic carbocycles. The van der Waals surface area contributed by atoms with E-state index in [0.29, 0.717) is 5.95 Å². The minimum atomic E-state index is 0. The first-order chi connectivity index (χ1) is 8.24. The molecule has 2 aromatic heterocycles. The number of nitrogens with one attached hydrogen (secondary N) is 1. The number of hydrogen-bond donors (Lipinski definition) is 2. The second-order valence-electron chi connectivity index (χ2n) is 4.05. The van der Waals surface area contributed by atoms with Gasteiger partial charge in [-0.3, -0.25) is 0 Å². The third-order valence-electron chi connectivity index (χ3n) is 2.79. The molecule has 4 nitrogen and oxygen atoms in total. The summed E-state index contributed by atoms with van der Waals surface area (Å²) >= 11 is 0. The van der Waals surface area contributed by atoms with Gasteiger partial charge in [0, 0.05) is 28.9 Å². The fraction of sp³-hybridized carbons (Fsp3) is 0.0769. The number of halogens is 1. The SMILES string of the molecule is Cc1ccc2[nH]cc(-c3ccnc(N)n3)c2c1.Cl. The largest absolute Gasteiger partial charge is 0.368 e. The number of nitrogen functional groups attached to an aromatic ring is 1. The van der Waals surface area contributed by atoms with Crippen LogP contribution in [0.25, 0.3) is 22.2 Å². The number of aryl methyl sites for hydroxylation is 1. The molecule has 18 heavy (non-hydrogen) atoms. The molecule has 0 aliphatic carbocycles. The maximum atomic E-state index is 5.61. The predicted molar refractivity (Wildman–Crippen MR) is 75.7 cm³/mol. The summed E-state index contributed by atoms with van der Waals surface area (Å²) in [5, 5.41) is 1.16. The fourth-order valence-electron chi connectivity index (χ4n) is 1.97. The van der Waals surface area contributed by atoms with E-state index in [4.69, 9.17) is 5.73 Å². The van der Waals surface area contributed by atoms with E-state index < -0.39 is 0 Å². The number of fused-ring (bicyclic) bond motifs is 1. The molecular formula is C13H13ClN4. The van der Waals surface area contributed by atoms with Gasteiger partial charge in [0.05, 0.1) is 5.69 Å². The Hall–Kier alpha value is -2.07. The van der Waals surface area contributed by atoms with Crippen LogP contribution < -0.4 is 5.73 Å². The minimum Gasteiger partial charge on any atom is -0.368 e. The first kappa shape index (κ1) is 12.4. The molecule has 0 amide bonds. The van der Waals surface area contributed by atoms with E-state index in [2.05, 4.69) is 40.1 Å². The van der Waals surface area contributed by atoms with Gasteiger partial charge in [-0.15, -0.1) is 12.4 Å². The second kappa shape index (κ2) is 4.66. The molecule has 3 N–H and O–H groups in total. The maximum Gasteiger partial charge on any atom is 0.220 e. The number of anilines is 1. The third kappa shape index (κ3) is 2.02. The van der Waals surface area contributed by atoms with Crippen LogP contribution in [0.15, 0.2) is 36.7 Å². The van der Waals surface area contributed by atoms with Crippen molar-refractivity contribution < 1.29 is 0 Å². The van der Waals surface area contributed by atoms with Gasteiger partial charge < -0.3 is 10.7 Å². The van der Waals surface area contributed by atoms with Crippen LogP contribution in [0.2, 0.25) is 0 Å². The number of benzene rings is 1. The molecular weight excluding hydrogens is 248 g/mol. The van der Waals surface area contributed by atoms with Gasteiger partial charge in [-0.1, -0.05) is 11.6 Å². The summed E-state index contributed by atoms with van der Waals surface area (Å²) in [6.07, 6.45) is 3.62. The van der Waals surface area contributed by atoms with Crippen molar-refractivity contribution in [1.29, 1.82) is 0 Å². The van der Waals surface area contributed by atoms with Gasteiger partial charge in [0.1, 0.15) is 0 Å². The average molecular weight is 261 g/mol. The molecule has 0 saturated carbocycles. The highest BCUT2D eigenvalue weighted by Gasteiger charge is 2.07. The van der Waals surface area contributed by atoms with E-state index in [0.717, 1.165) is 22.2 Å². The number of hydrogen-bond acceptors (Lipinski definition) is 3. The number of aromatic amines is 1. The van der Waals surface area contributed by atoms with Crippen molar-refractivity contribution in [2.24, 2.45) is 0 Å². The van der Waals surface area contributed by atoms with Crippen molar-refractivity contribution >= 4 is 29.3 Å². The van der Waals surface area contributed by atoms with Crippen LogP contribution in [0.1, 0.15) is 5.56 Å². The van der Waals surface area contributed by atoms with Crippen molar-refractivity contribution in [3.8, 4) is 11.3 Å². The van der Waals surface area contributed by atoms with Crippen LogP contribution in [0.4, 0.5) is 5.95 Å². The van der Waals surface area contributed by atoms with Crippen LogP contribution in [0.3, 0.4) is 0 Å². The van der Waals surface area contributed by atoms with E-state index in [9.17, 15) is 0 Å². The smallest absolute Gasteiger partial charge is 0.220 e. The Morgan fingerprint density at radius 2 is 2.06 bits per heavy atom. The lowest BCUT2D eigenvalue weighted by atomic mass is 10.1. The zero-order valence-electron chi connectivity index (χ0n) is 9.84. The lowest BCUT2D eigenvalue weighted by Gasteiger charge is -2.00. The van der Waals surface area contributed by atoms with Gasteiger partial charge >= 0.3 is 0 Å². The van der Waals surface area contributed by atoms with Gasteiger partial charge in [-0.2, -0.15) is 0 Å². The van der Waals surface area contributed by atoms with E-state index in [1.54, 1.807) is 6.20 Å². The Morgan fingerprint density at radius 3 is 2.83 bits per heavy atom. The summed E-state index contributed by atoms with van der Waals surface area (Å²) < 4.78 is 0. The zero-order chi connectivity index (χ0) is 11.8. The van der Waals surface area contributed by atoms with Gasteiger partial charge in [0.25, 0.3) is 0 Å². The molecule has 0 aliphatic heterocycles. The van der Waals surface area contributed by atoms with Crippen molar-refractivity contribution in [3.05, 3.63) is 42.2 Å². The molecule has 92 valence electrons. The molecule has 3 rings (SSSR count). The highest BCUT2D eigenvalue weighted by atomic mass is 35.5. The molecule has 0 radical (unpaired) electrons. The number of rotatable bonds is 1. The van der Waals surface area contributed by atoms with Crippen molar-refractivity contribution in [3.63, 3.8) is 0 Å². The molecule has 3 aromatic rings. The number of nitrogens with two attached hydrogens (primary N) is 1. The summed E-state index contributed by atoms with van der Waals surface area (Å²) in [5.41, 5.74) is 9.82. The van der Waals surface area contributed by atoms with Crippen LogP contribution in [-0.4, -0.2) is 15.0 Å². The Kier molecular flexibility index (Phi) is 3.21. The van der Waals surface area contributed by atoms with E-state index in [1.807, 2.05) is 12.3 Å². The van der Waals surface area contributed by atoms with E-state index in [-0.39, 0.29) is 12.4 Å². The summed E-state index contributed by atoms with van der Waals surface area (Å²) in [7, 11) is 0. The monoisotopic (exact) mass is 260 g/mol. The summed E-state index contributed by atoms with van der Waals surface area (Å²) in [4.78, 5) is 11.4. The molecule has 0 bridgehead atoms. The Morgan fingerprint density at radius 1 is 1.22 bits per heavy atom. The van der Waals surface area contributed by atoms with Crippen LogP contribution in [0.5, 0.6) is 0 Å². The van der Waals surface area contributed by atoms with Gasteiger partial charge in [0.15, 0.2) is 0 Å². The van der Waals surface area contributed by atoms with E-state index >= 15 is 0 Å². The van der Waals surface area contributed by atoms with Gasteiger partial charge in [0.2, 0.25) is 5.95 Å². The molecule has 2 heterocycles. The second-order valence-corrected chi connectivity index (χ2v) is 4.05. The third-order valence-corrected chi connectivity index (χ3v) is 2.79. The molecule has 5 heteroatoms. The number of nitrogens with zero attached hydrogens (tertiary/aromatic N) is 2. The topological polar surface area (TPSA) is 67.6 Å².